The van der Waals surface area contributed by atoms with Crippen molar-refractivity contribution in [2.24, 2.45) is 17.2 Å². The fraction of sp³-hybridized carbons (Fsp3) is 0.100. The minimum Gasteiger partial charge on any atom is -0.476 e. The Balaban J connectivity index is 1.65. The normalized spacial score (nSPS) is 14.7. The van der Waals surface area contributed by atoms with E-state index in [2.05, 4.69) is 0 Å². The number of halogens is 2. The zero-order chi connectivity index (χ0) is 21.1. The second kappa shape index (κ2) is 8.24. The third-order valence-corrected chi connectivity index (χ3v) is 4.52. The summed E-state index contributed by atoms with van der Waals surface area (Å²) in [7, 11) is 0. The smallest absolute Gasteiger partial charge is 0.261 e. The van der Waals surface area contributed by atoms with Crippen LogP contribution in [-0.4, -0.2) is 29.9 Å². The number of benzene rings is 2. The van der Waals surface area contributed by atoms with Crippen LogP contribution in [0.25, 0.3) is 5.70 Å². The Bertz CT molecular complexity index is 1020. The lowest BCUT2D eigenvalue weighted by Crippen LogP contribution is -2.33. The van der Waals surface area contributed by atoms with Crippen molar-refractivity contribution in [3.8, 4) is 0 Å². The van der Waals surface area contributed by atoms with Crippen LogP contribution < -0.4 is 17.2 Å². The van der Waals surface area contributed by atoms with Gasteiger partial charge in [-0.05, 0) is 36.4 Å². The van der Waals surface area contributed by atoms with Gasteiger partial charge < -0.3 is 21.9 Å². The largest absolute Gasteiger partial charge is 0.476 e. The molecule has 0 fully saturated rings. The summed E-state index contributed by atoms with van der Waals surface area (Å²) in [4.78, 5) is 25.6. The molecule has 29 heavy (non-hydrogen) atoms. The first-order valence-corrected chi connectivity index (χ1v) is 8.93. The van der Waals surface area contributed by atoms with E-state index >= 15 is 0 Å². The predicted molar refractivity (Wildman–Crippen MR) is 107 cm³/mol. The van der Waals surface area contributed by atoms with Gasteiger partial charge in [0, 0.05) is 16.3 Å². The van der Waals surface area contributed by atoms with Crippen molar-refractivity contribution < 1.29 is 18.7 Å². The number of fused-ring (bicyclic) bond motifs is 1. The summed E-state index contributed by atoms with van der Waals surface area (Å²) < 4.78 is 19.2. The maximum Gasteiger partial charge on any atom is 0.261 e. The van der Waals surface area contributed by atoms with Gasteiger partial charge in [-0.2, -0.15) is 0 Å². The maximum atomic E-state index is 13.9. The maximum absolute atomic E-state index is 13.9. The lowest BCUT2D eigenvalue weighted by molar-refractivity contribution is 0.0607. The summed E-state index contributed by atoms with van der Waals surface area (Å²) in [6.07, 6.45) is 1.24. The zero-order valence-electron chi connectivity index (χ0n) is 15.2. The fourth-order valence-electron chi connectivity index (χ4n) is 2.81. The fourth-order valence-corrected chi connectivity index (χ4v) is 2.98. The van der Waals surface area contributed by atoms with Gasteiger partial charge in [-0.1, -0.05) is 23.7 Å². The van der Waals surface area contributed by atoms with Crippen LogP contribution in [0.5, 0.6) is 0 Å². The van der Waals surface area contributed by atoms with Crippen LogP contribution in [0.2, 0.25) is 5.02 Å². The third-order valence-electron chi connectivity index (χ3n) is 4.29. The van der Waals surface area contributed by atoms with E-state index in [-0.39, 0.29) is 36.0 Å². The van der Waals surface area contributed by atoms with Crippen molar-refractivity contribution in [2.45, 2.75) is 0 Å². The molecule has 0 aliphatic carbocycles. The lowest BCUT2D eigenvalue weighted by Gasteiger charge is -2.15. The quantitative estimate of drug-likeness (QED) is 0.376. The highest BCUT2D eigenvalue weighted by Gasteiger charge is 2.34. The minimum absolute atomic E-state index is 0.00870. The molecular weight excluding hydrogens is 399 g/mol. The van der Waals surface area contributed by atoms with Gasteiger partial charge in [0.05, 0.1) is 23.4 Å². The number of hydrogen-bond donors (Lipinski definition) is 3. The Morgan fingerprint density at radius 2 is 1.69 bits per heavy atom. The van der Waals surface area contributed by atoms with Crippen LogP contribution >= 0.6 is 11.6 Å². The first-order valence-electron chi connectivity index (χ1n) is 8.55. The summed E-state index contributed by atoms with van der Waals surface area (Å²) in [6.45, 7) is -0.0836. The monoisotopic (exact) mass is 416 g/mol. The lowest BCUT2D eigenvalue weighted by atomic mass is 10.1. The van der Waals surface area contributed by atoms with E-state index in [1.54, 1.807) is 24.3 Å². The first kappa shape index (κ1) is 20.2. The van der Waals surface area contributed by atoms with Crippen LogP contribution in [0.15, 0.2) is 60.1 Å². The second-order valence-electron chi connectivity index (χ2n) is 6.20. The molecule has 3 rings (SSSR count). The Labute approximate surface area is 171 Å². The van der Waals surface area contributed by atoms with Gasteiger partial charge in [-0.25, -0.2) is 4.39 Å². The number of amides is 2. The van der Waals surface area contributed by atoms with Crippen LogP contribution in [0.4, 0.5) is 4.39 Å². The summed E-state index contributed by atoms with van der Waals surface area (Å²) in [6, 6.07) is 10.5. The molecule has 1 aliphatic rings. The Hall–Kier alpha value is -3.52. The van der Waals surface area contributed by atoms with Gasteiger partial charge >= 0.3 is 0 Å². The van der Waals surface area contributed by atoms with E-state index in [0.717, 1.165) is 4.90 Å². The highest BCUT2D eigenvalue weighted by molar-refractivity contribution is 6.30. The first-order chi connectivity index (χ1) is 13.8. The SMILES string of the molecule is N/C(=C\C(N)=C(/N)OCCN1C(=O)c2ccccc2C1=O)c1cc(Cl)ccc1F. The van der Waals surface area contributed by atoms with Gasteiger partial charge in [0.15, 0.2) is 0 Å². The molecule has 2 amide bonds. The number of carbonyl (C=O) groups is 2. The molecule has 2 aromatic rings. The molecular formula is C20H18ClFN4O3. The summed E-state index contributed by atoms with van der Waals surface area (Å²) >= 11 is 5.85. The molecule has 0 atom stereocenters. The number of hydrogen-bond acceptors (Lipinski definition) is 6. The van der Waals surface area contributed by atoms with Crippen LogP contribution in [0.3, 0.4) is 0 Å². The Morgan fingerprint density at radius 1 is 1.07 bits per heavy atom. The molecule has 6 N–H and O–H groups in total. The number of ether oxygens (including phenoxy) is 1. The van der Waals surface area contributed by atoms with E-state index < -0.39 is 17.6 Å². The molecule has 0 unspecified atom stereocenters. The molecule has 150 valence electrons. The molecule has 0 aromatic heterocycles. The molecule has 0 spiro atoms. The molecule has 0 saturated heterocycles. The van der Waals surface area contributed by atoms with Crippen LogP contribution in [0, 0.1) is 5.82 Å². The van der Waals surface area contributed by atoms with E-state index in [4.69, 9.17) is 33.5 Å². The van der Waals surface area contributed by atoms with Crippen molar-refractivity contribution in [1.82, 2.24) is 4.90 Å². The number of allylic oxidation sites excluding steroid dienone is 1. The van der Waals surface area contributed by atoms with Gasteiger partial charge in [0.25, 0.3) is 11.8 Å². The number of nitrogens with two attached hydrogens (primary N) is 3. The van der Waals surface area contributed by atoms with Gasteiger partial charge in [0.1, 0.15) is 12.4 Å². The highest BCUT2D eigenvalue weighted by atomic mass is 35.5. The van der Waals surface area contributed by atoms with Crippen molar-refractivity contribution in [1.29, 1.82) is 0 Å². The van der Waals surface area contributed by atoms with E-state index in [1.165, 1.54) is 24.3 Å². The summed E-state index contributed by atoms with van der Waals surface area (Å²) in [5.41, 5.74) is 18.2. The topological polar surface area (TPSA) is 125 Å². The zero-order valence-corrected chi connectivity index (χ0v) is 15.9. The highest BCUT2D eigenvalue weighted by Crippen LogP contribution is 2.22. The van der Waals surface area contributed by atoms with Crippen molar-refractivity contribution in [3.05, 3.63) is 87.7 Å². The average Bonchev–Trinajstić information content (AvgIpc) is 2.94. The molecule has 0 bridgehead atoms. The minimum atomic E-state index is -0.568. The number of carbonyl (C=O) groups excluding carboxylic acids is 2. The number of rotatable bonds is 6. The molecule has 1 aliphatic heterocycles. The molecule has 0 radical (unpaired) electrons. The Kier molecular flexibility index (Phi) is 5.74. The Morgan fingerprint density at radius 3 is 2.31 bits per heavy atom. The number of nitrogens with zero attached hydrogens (tertiary/aromatic N) is 1. The molecule has 1 heterocycles. The molecule has 2 aromatic carbocycles. The van der Waals surface area contributed by atoms with Crippen molar-refractivity contribution in [3.63, 3.8) is 0 Å². The number of imide groups is 1. The van der Waals surface area contributed by atoms with Crippen LogP contribution in [0.1, 0.15) is 26.3 Å². The van der Waals surface area contributed by atoms with Crippen molar-refractivity contribution in [2.75, 3.05) is 13.2 Å². The van der Waals surface area contributed by atoms with E-state index in [1.807, 2.05) is 0 Å². The third kappa shape index (κ3) is 4.17. The molecule has 7 nitrogen and oxygen atoms in total. The van der Waals surface area contributed by atoms with Gasteiger partial charge in [0.2, 0.25) is 5.88 Å². The summed E-state index contributed by atoms with van der Waals surface area (Å²) in [5, 5.41) is 0.311. The summed E-state index contributed by atoms with van der Waals surface area (Å²) in [5.74, 6) is -1.54. The second-order valence-corrected chi connectivity index (χ2v) is 6.64. The molecule has 9 heteroatoms. The average molecular weight is 417 g/mol. The van der Waals surface area contributed by atoms with Crippen LogP contribution in [-0.2, 0) is 4.74 Å². The molecule has 0 saturated carbocycles. The standard InChI is InChI=1S/C20H18ClFN4O3/c21-11-5-6-15(22)14(9-11)16(23)10-17(24)18(25)29-8-7-26-19(27)12-3-1-2-4-13(12)20(26)28/h1-6,9-10H,7-8,23-25H2/b16-10-,18-17-. The van der Waals surface area contributed by atoms with Gasteiger partial charge in [-0.3, -0.25) is 14.5 Å². The van der Waals surface area contributed by atoms with E-state index in [9.17, 15) is 14.0 Å². The predicted octanol–water partition coefficient (Wildman–Crippen LogP) is 2.18. The van der Waals surface area contributed by atoms with Gasteiger partial charge in [-0.15, -0.1) is 0 Å². The van der Waals surface area contributed by atoms with E-state index in [0.29, 0.717) is 16.1 Å². The van der Waals surface area contributed by atoms with Crippen molar-refractivity contribution >= 4 is 29.1 Å².